The molecule has 2 unspecified atom stereocenters. The maximum Gasteiger partial charge on any atom is 0.310 e. The fourth-order valence-corrected chi connectivity index (χ4v) is 11.7. The van der Waals surface area contributed by atoms with E-state index in [2.05, 4.69) is 13.2 Å². The molecular weight excluding hydrogens is 1020 g/mol. The zero-order chi connectivity index (χ0) is 55.4. The Morgan fingerprint density at radius 2 is 0.800 bits per heavy atom. The second-order valence-corrected chi connectivity index (χ2v) is 26.0. The van der Waals surface area contributed by atoms with Gasteiger partial charge in [-0.15, -0.1) is 36.4 Å². The minimum absolute atomic E-state index is 0.0983. The molecule has 20 heteroatoms. The molecule has 0 aromatic carbocycles. The van der Waals surface area contributed by atoms with Gasteiger partial charge in [0.1, 0.15) is 62.0 Å². The van der Waals surface area contributed by atoms with Gasteiger partial charge in [-0.25, -0.2) is 0 Å². The van der Waals surface area contributed by atoms with E-state index < -0.39 is 120 Å². The third-order valence-corrected chi connectivity index (χ3v) is 14.6. The summed E-state index contributed by atoms with van der Waals surface area (Å²) in [6.07, 6.45) is 3.09. The van der Waals surface area contributed by atoms with Crippen molar-refractivity contribution in [3.8, 4) is 0 Å². The van der Waals surface area contributed by atoms with E-state index in [1.54, 1.807) is 12.2 Å². The third-order valence-electron chi connectivity index (χ3n) is 14.6. The van der Waals surface area contributed by atoms with E-state index in [0.717, 1.165) is 0 Å². The Morgan fingerprint density at radius 1 is 0.493 bits per heavy atom. The monoisotopic (exact) mass is 1100 g/mol. The molecule has 9 aliphatic rings. The van der Waals surface area contributed by atoms with Crippen LogP contribution >= 0.6 is 23.2 Å². The third kappa shape index (κ3) is 14.0. The molecule has 6 saturated heterocycles. The summed E-state index contributed by atoms with van der Waals surface area (Å²) in [6, 6.07) is 0. The van der Waals surface area contributed by atoms with E-state index in [0.29, 0.717) is 26.1 Å². The second-order valence-electron chi connectivity index (χ2n) is 25.2. The molecule has 18 nitrogen and oxygen atoms in total. The average Bonchev–Trinajstić information content (AvgIpc) is 4.18. The Bertz CT molecular complexity index is 1970. The first kappa shape index (κ1) is 59.9. The van der Waals surface area contributed by atoms with Crippen molar-refractivity contribution in [2.24, 2.45) is 58.2 Å². The van der Waals surface area contributed by atoms with Crippen molar-refractivity contribution in [1.82, 2.24) is 0 Å². The Hall–Kier alpha value is -2.72. The van der Waals surface area contributed by atoms with Crippen LogP contribution in [0.15, 0.2) is 37.5 Å². The van der Waals surface area contributed by atoms with Gasteiger partial charge in [-0.1, -0.05) is 65.8 Å². The fourth-order valence-electron chi connectivity index (χ4n) is 11.7. The van der Waals surface area contributed by atoms with Gasteiger partial charge in [0.25, 0.3) is 0 Å². The van der Waals surface area contributed by atoms with Crippen LogP contribution in [0.2, 0.25) is 0 Å². The average molecular weight is 1100 g/mol. The topological polar surface area (TPSA) is 197 Å². The molecule has 6 heterocycles. The molecule has 424 valence electrons. The Morgan fingerprint density at radius 3 is 1.13 bits per heavy atom. The van der Waals surface area contributed by atoms with Crippen LogP contribution < -0.4 is 0 Å². The van der Waals surface area contributed by atoms with Crippen molar-refractivity contribution in [1.29, 1.82) is 0 Å². The molecule has 18 atom stereocenters. The summed E-state index contributed by atoms with van der Waals surface area (Å²) in [4.78, 5) is 52.9. The molecule has 0 N–H and O–H groups in total. The van der Waals surface area contributed by atoms with E-state index in [-0.39, 0.29) is 65.0 Å². The molecule has 2 saturated carbocycles. The number of carbonyl (C=O) groups excluding carboxylic acids is 4. The number of rotatable bonds is 12. The van der Waals surface area contributed by atoms with Crippen LogP contribution in [0.4, 0.5) is 0 Å². The predicted molar refractivity (Wildman–Crippen MR) is 271 cm³/mol. The molecule has 8 fully saturated rings. The first-order chi connectivity index (χ1) is 34.8. The van der Waals surface area contributed by atoms with Crippen LogP contribution in [0.3, 0.4) is 0 Å². The highest BCUT2D eigenvalue weighted by molar-refractivity contribution is 6.40. The number of carbonyl (C=O) groups is 4. The highest BCUT2D eigenvalue weighted by Crippen LogP contribution is 2.51. The van der Waals surface area contributed by atoms with Gasteiger partial charge in [-0.2, -0.15) is 0 Å². The van der Waals surface area contributed by atoms with Crippen molar-refractivity contribution in [3.63, 3.8) is 0 Å². The van der Waals surface area contributed by atoms with E-state index in [1.165, 1.54) is 0 Å². The summed E-state index contributed by atoms with van der Waals surface area (Å²) < 4.78 is 84.0. The van der Waals surface area contributed by atoms with Gasteiger partial charge in [0.05, 0.1) is 42.2 Å². The van der Waals surface area contributed by atoms with Crippen LogP contribution in [-0.2, 0) is 85.5 Å². The van der Waals surface area contributed by atoms with Crippen LogP contribution in [0.25, 0.3) is 0 Å². The van der Waals surface area contributed by atoms with Gasteiger partial charge in [0, 0.05) is 0 Å². The van der Waals surface area contributed by atoms with Crippen molar-refractivity contribution in [2.45, 2.75) is 194 Å². The van der Waals surface area contributed by atoms with Crippen molar-refractivity contribution in [2.75, 3.05) is 31.8 Å². The number of alkyl halides is 2. The second kappa shape index (κ2) is 22.8. The predicted octanol–water partition coefficient (Wildman–Crippen LogP) is 8.13. The van der Waals surface area contributed by atoms with Gasteiger partial charge in [-0.3, -0.25) is 19.2 Å². The number of hydrogen-bond acceptors (Lipinski definition) is 18. The van der Waals surface area contributed by atoms with Gasteiger partial charge in [-0.05, 0) is 103 Å². The smallest absolute Gasteiger partial charge is 0.310 e. The number of fused-ring (bicyclic) bond motifs is 8. The summed E-state index contributed by atoms with van der Waals surface area (Å²) in [5.74, 6) is -8.16. The van der Waals surface area contributed by atoms with E-state index in [9.17, 15) is 19.2 Å². The Balaban J connectivity index is 0.000000249. The number of hydrogen-bond donors (Lipinski definition) is 0. The molecule has 0 aromatic rings. The summed E-state index contributed by atoms with van der Waals surface area (Å²) in [7, 11) is 0. The van der Waals surface area contributed by atoms with Crippen LogP contribution in [0.1, 0.15) is 110 Å². The van der Waals surface area contributed by atoms with Gasteiger partial charge >= 0.3 is 23.9 Å². The van der Waals surface area contributed by atoms with Crippen molar-refractivity contribution in [3.05, 3.63) is 37.5 Å². The highest BCUT2D eigenvalue weighted by Gasteiger charge is 2.63. The van der Waals surface area contributed by atoms with Crippen LogP contribution in [-0.4, -0.2) is 140 Å². The molecule has 3 aliphatic carbocycles. The first-order valence-corrected chi connectivity index (χ1v) is 27.3. The molecule has 0 aromatic heterocycles. The zero-order valence-electron chi connectivity index (χ0n) is 46.2. The Kier molecular flexibility index (Phi) is 18.2. The maximum atomic E-state index is 13.7. The highest BCUT2D eigenvalue weighted by atomic mass is 35.5. The van der Waals surface area contributed by atoms with E-state index >= 15 is 0 Å². The van der Waals surface area contributed by atoms with Crippen LogP contribution in [0.5, 0.6) is 0 Å². The van der Waals surface area contributed by atoms with Gasteiger partial charge in [0.15, 0.2) is 35.7 Å². The number of allylic oxidation sites excluding steroid dienone is 4. The molecular formula is C55H82Cl2O18. The minimum Gasteiger partial charge on any atom is -0.465 e. The number of ether oxygens (including phenoxy) is 14. The quantitative estimate of drug-likeness (QED) is 0.0785. The summed E-state index contributed by atoms with van der Waals surface area (Å²) in [5.41, 5.74) is -0.254. The lowest BCUT2D eigenvalue weighted by molar-refractivity contribution is -0.244. The minimum atomic E-state index is -0.877. The summed E-state index contributed by atoms with van der Waals surface area (Å²) in [5, 5.41) is 0.194. The SMILES string of the molecule is C=CC1CC(C=C)[C@@H](C(=O)OCC(C)(C)C)[C@@H]1C(=O)OCC(C)(C)C.CC1(C)O[C@@H]2O[C@H](COC(=O)[C@H]3[C@H](C(=O)OC[C@H]4O[C@H]5OC(C)(C)O[C@H]5[C@H]5OC(C)(C)O[C@H]54)[C@H]4C=C[C@@H]3C4)[C@@H]3OC(C)(C)O[C@@H]3[C@@H]2O1.ClCCl. The van der Waals surface area contributed by atoms with Crippen molar-refractivity contribution >= 4 is 47.1 Å². The molecule has 2 bridgehead atoms. The lowest BCUT2D eigenvalue weighted by Crippen LogP contribution is -2.56. The maximum absolute atomic E-state index is 13.7. The molecule has 6 aliphatic heterocycles. The lowest BCUT2D eigenvalue weighted by atomic mass is 9.83. The molecule has 0 spiro atoms. The standard InChI is InChI=1S/C33H46O14.C21H34O4.CH2Cl2/c1-30(2)40-20-16(38-28-24(22(20)42-30)44-32(5,6)46-28)12-36-26(34)18-14-9-10-15(11-14)19(18)27(35)37-13-17-21-23(43-31(3,4)41-21)25-29(39-17)47-33(7,8)45-25;1-9-14-11-15(10-2)17(19(23)25-13-21(6,7)8)16(14)18(22)24-12-20(3,4)5;2-1-3/h9-10,14-25,28-29H,11-13H2,1-8H3;9-10,14-17H,1-2,11-13H2,3-8H3;1H2/t14-,15+,16-,17-,18-,19-,20+,21+,22+,23+,24+,25+,28+,29+;14?,15?,16-,17-;/m11./s1. The van der Waals surface area contributed by atoms with Crippen molar-refractivity contribution < 1.29 is 85.5 Å². The van der Waals surface area contributed by atoms with E-state index in [1.807, 2.05) is 109 Å². The number of halogens is 2. The van der Waals surface area contributed by atoms with Crippen LogP contribution in [0, 0.1) is 58.2 Å². The summed E-state index contributed by atoms with van der Waals surface area (Å²) >= 11 is 9.53. The van der Waals surface area contributed by atoms with Gasteiger partial charge in [0.2, 0.25) is 0 Å². The first-order valence-electron chi connectivity index (χ1n) is 26.2. The zero-order valence-corrected chi connectivity index (χ0v) is 47.7. The largest absolute Gasteiger partial charge is 0.465 e. The Labute approximate surface area is 452 Å². The molecule has 9 rings (SSSR count). The number of esters is 4. The lowest BCUT2D eigenvalue weighted by Gasteiger charge is -2.37. The molecule has 0 radical (unpaired) electrons. The fraction of sp³-hybridized carbons (Fsp3) is 0.818. The van der Waals surface area contributed by atoms with Gasteiger partial charge < -0.3 is 66.3 Å². The summed E-state index contributed by atoms with van der Waals surface area (Å²) in [6.45, 7) is 34.6. The normalized spacial score (nSPS) is 39.8. The molecule has 0 amide bonds. The van der Waals surface area contributed by atoms with E-state index in [4.69, 9.17) is 89.5 Å². The molecule has 75 heavy (non-hydrogen) atoms.